The number of benzene rings is 2. The van der Waals surface area contributed by atoms with Crippen LogP contribution in [0.4, 0.5) is 17.1 Å². The lowest BCUT2D eigenvalue weighted by molar-refractivity contribution is 0.413. The van der Waals surface area contributed by atoms with Gasteiger partial charge in [0.1, 0.15) is 11.5 Å². The molecule has 0 spiro atoms. The maximum absolute atomic E-state index is 5.97. The van der Waals surface area contributed by atoms with Gasteiger partial charge in [0.05, 0.1) is 19.9 Å². The Balaban J connectivity index is 2.00. The van der Waals surface area contributed by atoms with Gasteiger partial charge in [0, 0.05) is 23.5 Å². The minimum atomic E-state index is 0.697. The third-order valence-electron chi connectivity index (χ3n) is 3.73. The fourth-order valence-electron chi connectivity index (χ4n) is 2.75. The zero-order chi connectivity index (χ0) is 14.1. The molecule has 2 aromatic carbocycles. The summed E-state index contributed by atoms with van der Waals surface area (Å²) in [5.41, 5.74) is 10.2. The number of rotatable bonds is 3. The van der Waals surface area contributed by atoms with Gasteiger partial charge in [-0.25, -0.2) is 0 Å². The van der Waals surface area contributed by atoms with Gasteiger partial charge in [0.15, 0.2) is 0 Å². The van der Waals surface area contributed by atoms with Crippen LogP contribution in [0.2, 0.25) is 0 Å². The third kappa shape index (κ3) is 1.93. The van der Waals surface area contributed by atoms with Crippen LogP contribution in [0.1, 0.15) is 5.56 Å². The molecule has 0 fully saturated rings. The lowest BCUT2D eigenvalue weighted by Gasteiger charge is -2.20. The first-order chi connectivity index (χ1) is 9.74. The number of ether oxygens (including phenoxy) is 2. The number of nitrogen functional groups attached to an aromatic ring is 1. The molecule has 0 aliphatic carbocycles. The number of anilines is 3. The monoisotopic (exact) mass is 270 g/mol. The standard InChI is InChI=1S/C16H18N2O2/c1-19-12-5-3-11(4-6-12)18-10-9-13-15(18)8-7-14(17)16(13)20-2/h3-8H,9-10,17H2,1-2H3. The average molecular weight is 270 g/mol. The van der Waals surface area contributed by atoms with Crippen molar-refractivity contribution in [2.75, 3.05) is 31.4 Å². The van der Waals surface area contributed by atoms with Crippen LogP contribution in [0.3, 0.4) is 0 Å². The van der Waals surface area contributed by atoms with Crippen LogP contribution in [0, 0.1) is 0 Å². The Hall–Kier alpha value is -2.36. The predicted octanol–water partition coefficient (Wildman–Crippen LogP) is 2.98. The first kappa shape index (κ1) is 12.7. The topological polar surface area (TPSA) is 47.7 Å². The Bertz CT molecular complexity index is 623. The van der Waals surface area contributed by atoms with Crippen molar-refractivity contribution < 1.29 is 9.47 Å². The summed E-state index contributed by atoms with van der Waals surface area (Å²) < 4.78 is 10.6. The maximum atomic E-state index is 5.97. The zero-order valence-corrected chi connectivity index (χ0v) is 11.7. The second-order valence-electron chi connectivity index (χ2n) is 4.79. The van der Waals surface area contributed by atoms with Crippen molar-refractivity contribution in [3.05, 3.63) is 42.0 Å². The van der Waals surface area contributed by atoms with Crippen LogP contribution >= 0.6 is 0 Å². The van der Waals surface area contributed by atoms with E-state index in [0.717, 1.165) is 30.2 Å². The molecule has 1 heterocycles. The molecule has 20 heavy (non-hydrogen) atoms. The molecule has 0 saturated heterocycles. The highest BCUT2D eigenvalue weighted by Crippen LogP contribution is 2.42. The van der Waals surface area contributed by atoms with E-state index in [2.05, 4.69) is 23.1 Å². The van der Waals surface area contributed by atoms with Gasteiger partial charge in [0.25, 0.3) is 0 Å². The van der Waals surface area contributed by atoms with Gasteiger partial charge in [-0.05, 0) is 42.8 Å². The molecule has 0 saturated carbocycles. The molecule has 1 aliphatic heterocycles. The molecule has 0 amide bonds. The lowest BCUT2D eigenvalue weighted by Crippen LogP contribution is -2.12. The molecule has 3 rings (SSSR count). The fraction of sp³-hybridized carbons (Fsp3) is 0.250. The van der Waals surface area contributed by atoms with E-state index >= 15 is 0 Å². The van der Waals surface area contributed by atoms with E-state index in [-0.39, 0.29) is 0 Å². The predicted molar refractivity (Wildman–Crippen MR) is 81.1 cm³/mol. The van der Waals surface area contributed by atoms with Crippen LogP contribution in [-0.4, -0.2) is 20.8 Å². The van der Waals surface area contributed by atoms with Gasteiger partial charge >= 0.3 is 0 Å². The van der Waals surface area contributed by atoms with E-state index in [4.69, 9.17) is 15.2 Å². The SMILES string of the molecule is COc1ccc(N2CCc3c2ccc(N)c3OC)cc1. The van der Waals surface area contributed by atoms with Crippen LogP contribution in [0.25, 0.3) is 0 Å². The minimum Gasteiger partial charge on any atom is -0.497 e. The molecule has 4 nitrogen and oxygen atoms in total. The Kier molecular flexibility index (Phi) is 3.14. The third-order valence-corrected chi connectivity index (χ3v) is 3.73. The van der Waals surface area contributed by atoms with Crippen LogP contribution in [0.15, 0.2) is 36.4 Å². The molecule has 104 valence electrons. The summed E-state index contributed by atoms with van der Waals surface area (Å²) in [6.45, 7) is 0.932. The summed E-state index contributed by atoms with van der Waals surface area (Å²) >= 11 is 0. The number of fused-ring (bicyclic) bond motifs is 1. The molecule has 1 aliphatic rings. The molecular formula is C16H18N2O2. The van der Waals surface area contributed by atoms with E-state index in [0.29, 0.717) is 5.69 Å². The summed E-state index contributed by atoms with van der Waals surface area (Å²) in [6, 6.07) is 12.0. The van der Waals surface area contributed by atoms with Gasteiger partial charge in [-0.2, -0.15) is 0 Å². The zero-order valence-electron chi connectivity index (χ0n) is 11.7. The summed E-state index contributed by atoms with van der Waals surface area (Å²) in [5, 5.41) is 0. The second kappa shape index (κ2) is 4.96. The Morgan fingerprint density at radius 3 is 2.40 bits per heavy atom. The fourth-order valence-corrected chi connectivity index (χ4v) is 2.75. The number of nitrogens with zero attached hydrogens (tertiary/aromatic N) is 1. The highest BCUT2D eigenvalue weighted by Gasteiger charge is 2.24. The Labute approximate surface area is 118 Å². The molecule has 0 radical (unpaired) electrons. The average Bonchev–Trinajstić information content (AvgIpc) is 2.91. The van der Waals surface area contributed by atoms with Crippen LogP contribution in [-0.2, 0) is 6.42 Å². The van der Waals surface area contributed by atoms with E-state index in [1.54, 1.807) is 14.2 Å². The first-order valence-electron chi connectivity index (χ1n) is 6.61. The van der Waals surface area contributed by atoms with Gasteiger partial charge < -0.3 is 20.1 Å². The van der Waals surface area contributed by atoms with Crippen molar-refractivity contribution in [3.8, 4) is 11.5 Å². The molecule has 2 aromatic rings. The van der Waals surface area contributed by atoms with Crippen molar-refractivity contribution in [2.45, 2.75) is 6.42 Å². The van der Waals surface area contributed by atoms with Gasteiger partial charge in [-0.3, -0.25) is 0 Å². The van der Waals surface area contributed by atoms with E-state index < -0.39 is 0 Å². The van der Waals surface area contributed by atoms with Crippen LogP contribution in [0.5, 0.6) is 11.5 Å². The molecular weight excluding hydrogens is 252 g/mol. The van der Waals surface area contributed by atoms with Crippen molar-refractivity contribution in [3.63, 3.8) is 0 Å². The molecule has 4 heteroatoms. The summed E-state index contributed by atoms with van der Waals surface area (Å²) in [6.07, 6.45) is 0.940. The Morgan fingerprint density at radius 2 is 1.75 bits per heavy atom. The van der Waals surface area contributed by atoms with Crippen molar-refractivity contribution in [2.24, 2.45) is 0 Å². The summed E-state index contributed by atoms with van der Waals surface area (Å²) in [4.78, 5) is 2.27. The molecule has 0 atom stereocenters. The van der Waals surface area contributed by atoms with E-state index in [9.17, 15) is 0 Å². The van der Waals surface area contributed by atoms with Crippen molar-refractivity contribution in [1.29, 1.82) is 0 Å². The number of nitrogens with two attached hydrogens (primary N) is 1. The maximum Gasteiger partial charge on any atom is 0.147 e. The first-order valence-corrected chi connectivity index (χ1v) is 6.61. The summed E-state index contributed by atoms with van der Waals surface area (Å²) in [7, 11) is 3.34. The van der Waals surface area contributed by atoms with E-state index in [1.807, 2.05) is 18.2 Å². The van der Waals surface area contributed by atoms with Crippen LogP contribution < -0.4 is 20.1 Å². The molecule has 0 aromatic heterocycles. The largest absolute Gasteiger partial charge is 0.497 e. The molecule has 0 bridgehead atoms. The lowest BCUT2D eigenvalue weighted by atomic mass is 10.1. The highest BCUT2D eigenvalue weighted by atomic mass is 16.5. The minimum absolute atomic E-state index is 0.697. The molecule has 0 unspecified atom stereocenters. The van der Waals surface area contributed by atoms with E-state index in [1.165, 1.54) is 11.3 Å². The number of hydrogen-bond acceptors (Lipinski definition) is 4. The smallest absolute Gasteiger partial charge is 0.147 e. The number of hydrogen-bond donors (Lipinski definition) is 1. The van der Waals surface area contributed by atoms with Gasteiger partial charge in [-0.15, -0.1) is 0 Å². The second-order valence-corrected chi connectivity index (χ2v) is 4.79. The Morgan fingerprint density at radius 1 is 1.00 bits per heavy atom. The van der Waals surface area contributed by atoms with Gasteiger partial charge in [-0.1, -0.05) is 0 Å². The normalized spacial score (nSPS) is 13.2. The van der Waals surface area contributed by atoms with Gasteiger partial charge in [0.2, 0.25) is 0 Å². The van der Waals surface area contributed by atoms with Crippen molar-refractivity contribution >= 4 is 17.1 Å². The summed E-state index contributed by atoms with van der Waals surface area (Å²) in [5.74, 6) is 1.67. The van der Waals surface area contributed by atoms with Crippen molar-refractivity contribution in [1.82, 2.24) is 0 Å². The molecule has 2 N–H and O–H groups in total. The number of methoxy groups -OCH3 is 2. The highest BCUT2D eigenvalue weighted by molar-refractivity contribution is 5.77. The quantitative estimate of drug-likeness (QED) is 0.871.